The first-order valence-electron chi connectivity index (χ1n) is 17.4. The molecule has 0 saturated heterocycles. The van der Waals surface area contributed by atoms with Crippen LogP contribution in [0.1, 0.15) is 38.3 Å². The third-order valence-electron chi connectivity index (χ3n) is 9.00. The number of nitrogens with zero attached hydrogens (tertiary/aromatic N) is 4. The summed E-state index contributed by atoms with van der Waals surface area (Å²) in [6.07, 6.45) is 0.946. The SMILES string of the molecule is C=C(NCC(=O)N(CCC)Cc1nc2ccc3cc(-c4ccc5c(ccc6nc(CN(CCC)C(=O)CNC(=O)OC)[nH]c65)c4)ccc3c2[nH]1)OC. The summed E-state index contributed by atoms with van der Waals surface area (Å²) < 4.78 is 9.62. The number of carbonyl (C=O) groups excluding carboxylic acids is 3. The molecule has 0 fully saturated rings. The number of benzene rings is 4. The van der Waals surface area contributed by atoms with Crippen LogP contribution in [0.25, 0.3) is 54.7 Å². The summed E-state index contributed by atoms with van der Waals surface area (Å²) in [5.74, 6) is 1.47. The number of aromatic amines is 2. The van der Waals surface area contributed by atoms with Crippen molar-refractivity contribution in [1.29, 1.82) is 0 Å². The molecule has 0 aliphatic heterocycles. The molecule has 0 aliphatic carbocycles. The van der Waals surface area contributed by atoms with Gasteiger partial charge in [-0.15, -0.1) is 0 Å². The first-order chi connectivity index (χ1) is 25.2. The maximum absolute atomic E-state index is 12.9. The van der Waals surface area contributed by atoms with Crippen molar-refractivity contribution in [3.8, 4) is 11.1 Å². The Bertz CT molecular complexity index is 2120. The predicted octanol–water partition coefficient (Wildman–Crippen LogP) is 5.95. The van der Waals surface area contributed by atoms with Crippen molar-refractivity contribution >= 4 is 61.5 Å². The Morgan fingerprint density at radius 3 is 1.62 bits per heavy atom. The number of hydrogen-bond acceptors (Lipinski definition) is 8. The number of aromatic nitrogens is 4. The number of H-pyrrole nitrogens is 2. The summed E-state index contributed by atoms with van der Waals surface area (Å²) in [5.41, 5.74) is 5.66. The molecule has 2 heterocycles. The number of imidazole rings is 2. The van der Waals surface area contributed by atoms with E-state index in [1.807, 2.05) is 26.0 Å². The molecule has 0 atom stereocenters. The number of fused-ring (bicyclic) bond motifs is 6. The minimum Gasteiger partial charge on any atom is -0.483 e. The lowest BCUT2D eigenvalue weighted by molar-refractivity contribution is -0.131. The van der Waals surface area contributed by atoms with Gasteiger partial charge in [0, 0.05) is 23.9 Å². The Labute approximate surface area is 301 Å². The van der Waals surface area contributed by atoms with Gasteiger partial charge in [0.15, 0.2) is 5.88 Å². The van der Waals surface area contributed by atoms with Crippen molar-refractivity contribution in [3.63, 3.8) is 0 Å². The van der Waals surface area contributed by atoms with E-state index in [1.54, 1.807) is 9.80 Å². The Morgan fingerprint density at radius 1 is 0.692 bits per heavy atom. The van der Waals surface area contributed by atoms with Crippen LogP contribution in [0.4, 0.5) is 4.79 Å². The van der Waals surface area contributed by atoms with E-state index in [0.717, 1.165) is 73.4 Å². The number of nitrogens with one attached hydrogen (secondary N) is 4. The molecule has 0 spiro atoms. The van der Waals surface area contributed by atoms with E-state index in [9.17, 15) is 14.4 Å². The van der Waals surface area contributed by atoms with Crippen molar-refractivity contribution in [2.24, 2.45) is 0 Å². The molecule has 13 heteroatoms. The van der Waals surface area contributed by atoms with Gasteiger partial charge < -0.3 is 39.9 Å². The van der Waals surface area contributed by atoms with E-state index in [2.05, 4.69) is 80.4 Å². The van der Waals surface area contributed by atoms with Gasteiger partial charge in [-0.25, -0.2) is 14.8 Å². The van der Waals surface area contributed by atoms with Crippen LogP contribution in [0.2, 0.25) is 0 Å². The second-order valence-corrected chi connectivity index (χ2v) is 12.6. The maximum atomic E-state index is 12.9. The minimum atomic E-state index is -0.646. The molecule has 13 nitrogen and oxygen atoms in total. The van der Waals surface area contributed by atoms with Crippen molar-refractivity contribution in [3.05, 3.63) is 84.8 Å². The van der Waals surface area contributed by atoms with Gasteiger partial charge in [0.1, 0.15) is 18.2 Å². The molecule has 4 aromatic carbocycles. The minimum absolute atomic E-state index is 0.0592. The summed E-state index contributed by atoms with van der Waals surface area (Å²) in [6, 6.07) is 20.9. The number of alkyl carbamates (subject to hydrolysis) is 1. The fraction of sp³-hybridized carbons (Fsp3) is 0.308. The Balaban J connectivity index is 1.22. The molecule has 6 rings (SSSR count). The van der Waals surface area contributed by atoms with Crippen LogP contribution in [0.5, 0.6) is 0 Å². The van der Waals surface area contributed by atoms with E-state index in [-0.39, 0.29) is 24.9 Å². The molecule has 0 aliphatic rings. The highest BCUT2D eigenvalue weighted by Gasteiger charge is 2.19. The fourth-order valence-electron chi connectivity index (χ4n) is 6.41. The van der Waals surface area contributed by atoms with Crippen LogP contribution in [-0.4, -0.2) is 88.0 Å². The lowest BCUT2D eigenvalue weighted by Crippen LogP contribution is -2.40. The zero-order valence-corrected chi connectivity index (χ0v) is 30.0. The summed E-state index contributed by atoms with van der Waals surface area (Å²) >= 11 is 0. The standard InChI is InChI=1S/C39H44N8O5/c1-6-16-46(35(48)20-40-24(3)51-4)22-33-42-31-14-10-27-18-25(8-12-29(27)37(31)44-33)26-9-13-30-28(19-26)11-15-32-38(30)45-34(43-32)23-47(17-7-2)36(49)21-41-39(50)52-5/h8-15,18-19,40H,3,6-7,16-17,20-23H2,1-2,4-5H3,(H,41,50)(H,42,44)(H,43,45). The molecular weight excluding hydrogens is 660 g/mol. The molecule has 270 valence electrons. The summed E-state index contributed by atoms with van der Waals surface area (Å²) in [7, 11) is 2.77. The lowest BCUT2D eigenvalue weighted by atomic mass is 9.98. The number of hydrogen-bond donors (Lipinski definition) is 4. The van der Waals surface area contributed by atoms with Crippen LogP contribution >= 0.6 is 0 Å². The second-order valence-electron chi connectivity index (χ2n) is 12.6. The van der Waals surface area contributed by atoms with Crippen molar-refractivity contribution < 1.29 is 23.9 Å². The van der Waals surface area contributed by atoms with Crippen LogP contribution in [0.15, 0.2) is 73.1 Å². The summed E-state index contributed by atoms with van der Waals surface area (Å²) in [5, 5.41) is 9.58. The predicted molar refractivity (Wildman–Crippen MR) is 202 cm³/mol. The number of methoxy groups -OCH3 is 2. The average Bonchev–Trinajstić information content (AvgIpc) is 3.78. The number of rotatable bonds is 15. The Kier molecular flexibility index (Phi) is 10.9. The molecule has 52 heavy (non-hydrogen) atoms. The normalized spacial score (nSPS) is 11.2. The highest BCUT2D eigenvalue weighted by molar-refractivity contribution is 6.07. The van der Waals surface area contributed by atoms with Gasteiger partial charge in [0.25, 0.3) is 0 Å². The fourth-order valence-corrected chi connectivity index (χ4v) is 6.41. The van der Waals surface area contributed by atoms with Crippen molar-refractivity contribution in [2.45, 2.75) is 39.8 Å². The highest BCUT2D eigenvalue weighted by atomic mass is 16.5. The van der Waals surface area contributed by atoms with Gasteiger partial charge in [-0.3, -0.25) is 9.59 Å². The molecule has 6 aromatic rings. The van der Waals surface area contributed by atoms with E-state index < -0.39 is 6.09 Å². The van der Waals surface area contributed by atoms with Crippen LogP contribution < -0.4 is 10.6 Å². The average molecular weight is 705 g/mol. The molecule has 4 N–H and O–H groups in total. The van der Waals surface area contributed by atoms with Gasteiger partial charge in [0.2, 0.25) is 11.8 Å². The molecular formula is C39H44N8O5. The molecule has 2 aromatic heterocycles. The topological polar surface area (TPSA) is 158 Å². The lowest BCUT2D eigenvalue weighted by Gasteiger charge is -2.21. The van der Waals surface area contributed by atoms with E-state index in [1.165, 1.54) is 14.2 Å². The van der Waals surface area contributed by atoms with E-state index >= 15 is 0 Å². The zero-order chi connectivity index (χ0) is 36.8. The van der Waals surface area contributed by atoms with Crippen LogP contribution in [-0.2, 0) is 32.2 Å². The quantitative estimate of drug-likeness (QED) is 0.0956. The summed E-state index contributed by atoms with van der Waals surface area (Å²) in [6.45, 7) is 9.52. The number of ether oxygens (including phenoxy) is 2. The Morgan fingerprint density at radius 2 is 1.17 bits per heavy atom. The van der Waals surface area contributed by atoms with Gasteiger partial charge in [-0.2, -0.15) is 0 Å². The third-order valence-corrected chi connectivity index (χ3v) is 9.00. The van der Waals surface area contributed by atoms with Crippen LogP contribution in [0, 0.1) is 0 Å². The van der Waals surface area contributed by atoms with E-state index in [0.29, 0.717) is 37.9 Å². The Hall–Kier alpha value is -6.11. The summed E-state index contributed by atoms with van der Waals surface area (Å²) in [4.78, 5) is 57.2. The monoisotopic (exact) mass is 704 g/mol. The molecule has 0 radical (unpaired) electrons. The van der Waals surface area contributed by atoms with Gasteiger partial charge in [-0.1, -0.05) is 50.2 Å². The first-order valence-corrected chi connectivity index (χ1v) is 17.4. The second kappa shape index (κ2) is 15.8. The third kappa shape index (κ3) is 7.78. The van der Waals surface area contributed by atoms with Crippen molar-refractivity contribution in [1.82, 2.24) is 40.4 Å². The molecule has 0 saturated carbocycles. The van der Waals surface area contributed by atoms with Crippen molar-refractivity contribution in [2.75, 3.05) is 40.4 Å². The van der Waals surface area contributed by atoms with Gasteiger partial charge in [0.05, 0.1) is 55.9 Å². The van der Waals surface area contributed by atoms with Gasteiger partial charge in [-0.05, 0) is 65.6 Å². The zero-order valence-electron chi connectivity index (χ0n) is 30.0. The maximum Gasteiger partial charge on any atom is 0.407 e. The van der Waals surface area contributed by atoms with E-state index in [4.69, 9.17) is 14.7 Å². The first kappa shape index (κ1) is 35.7. The van der Waals surface area contributed by atoms with Crippen LogP contribution in [0.3, 0.4) is 0 Å². The number of carbonyl (C=O) groups is 3. The molecule has 0 unspecified atom stereocenters. The highest BCUT2D eigenvalue weighted by Crippen LogP contribution is 2.32. The number of amides is 3. The largest absolute Gasteiger partial charge is 0.483 e. The molecule has 0 bridgehead atoms. The molecule has 3 amide bonds. The smallest absolute Gasteiger partial charge is 0.407 e. The van der Waals surface area contributed by atoms with Gasteiger partial charge >= 0.3 is 6.09 Å².